The fourth-order valence-corrected chi connectivity index (χ4v) is 2.70. The predicted octanol–water partition coefficient (Wildman–Crippen LogP) is 2.71. The summed E-state index contributed by atoms with van der Waals surface area (Å²) in [6.45, 7) is 2.11. The van der Waals surface area contributed by atoms with Gasteiger partial charge in [-0.25, -0.2) is 0 Å². The van der Waals surface area contributed by atoms with Gasteiger partial charge in [0.25, 0.3) is 0 Å². The maximum atomic E-state index is 5.86. The number of H-pyrrole nitrogens is 1. The molecule has 0 amide bonds. The summed E-state index contributed by atoms with van der Waals surface area (Å²) >= 11 is 0. The zero-order valence-electron chi connectivity index (χ0n) is 10.1. The number of nitrogen functional groups attached to an aromatic ring is 1. The minimum atomic E-state index is 0.628. The lowest BCUT2D eigenvalue weighted by atomic mass is 10.0. The van der Waals surface area contributed by atoms with Gasteiger partial charge in [-0.05, 0) is 42.9 Å². The number of nitrogens with one attached hydrogen (secondary N) is 1. The molecule has 0 saturated carbocycles. The van der Waals surface area contributed by atoms with E-state index >= 15 is 0 Å². The van der Waals surface area contributed by atoms with Crippen molar-refractivity contribution in [1.29, 1.82) is 0 Å². The Morgan fingerprint density at radius 1 is 1.29 bits per heavy atom. The van der Waals surface area contributed by atoms with Crippen molar-refractivity contribution >= 4 is 5.82 Å². The quantitative estimate of drug-likeness (QED) is 0.828. The Bertz CT molecular complexity index is 555. The van der Waals surface area contributed by atoms with Gasteiger partial charge >= 0.3 is 0 Å². The molecule has 0 unspecified atom stereocenters. The standard InChI is InChI=1S/C14H17N3/c1-2-12-13(16-17-14(12)15)11-7-6-9-4-3-5-10(9)8-11/h6-8H,2-5H2,1H3,(H3,15,16,17). The van der Waals surface area contributed by atoms with Crippen LogP contribution in [0.4, 0.5) is 5.82 Å². The van der Waals surface area contributed by atoms with Crippen LogP contribution >= 0.6 is 0 Å². The number of rotatable bonds is 2. The summed E-state index contributed by atoms with van der Waals surface area (Å²) in [6, 6.07) is 6.71. The lowest BCUT2D eigenvalue weighted by Gasteiger charge is -2.05. The number of anilines is 1. The lowest BCUT2D eigenvalue weighted by Crippen LogP contribution is -1.91. The van der Waals surface area contributed by atoms with Gasteiger partial charge < -0.3 is 5.73 Å². The zero-order chi connectivity index (χ0) is 11.8. The van der Waals surface area contributed by atoms with Crippen LogP contribution in [0.3, 0.4) is 0 Å². The molecule has 0 spiro atoms. The Morgan fingerprint density at radius 2 is 2.12 bits per heavy atom. The molecule has 3 nitrogen and oxygen atoms in total. The highest BCUT2D eigenvalue weighted by Gasteiger charge is 2.15. The van der Waals surface area contributed by atoms with Crippen molar-refractivity contribution < 1.29 is 0 Å². The molecule has 0 aliphatic heterocycles. The summed E-state index contributed by atoms with van der Waals surface area (Å²) in [5.41, 5.74) is 12.3. The Balaban J connectivity index is 2.09. The van der Waals surface area contributed by atoms with Crippen LogP contribution in [0.5, 0.6) is 0 Å². The highest BCUT2D eigenvalue weighted by Crippen LogP contribution is 2.30. The molecule has 88 valence electrons. The molecule has 1 aromatic heterocycles. The van der Waals surface area contributed by atoms with E-state index in [0.717, 1.165) is 17.7 Å². The fourth-order valence-electron chi connectivity index (χ4n) is 2.70. The number of hydrogen-bond donors (Lipinski definition) is 2. The van der Waals surface area contributed by atoms with E-state index in [4.69, 9.17) is 5.73 Å². The summed E-state index contributed by atoms with van der Waals surface area (Å²) in [7, 11) is 0. The van der Waals surface area contributed by atoms with Crippen LogP contribution in [0.25, 0.3) is 11.3 Å². The molecule has 1 aromatic carbocycles. The van der Waals surface area contributed by atoms with Gasteiger partial charge in [-0.1, -0.05) is 19.1 Å². The van der Waals surface area contributed by atoms with Crippen LogP contribution < -0.4 is 5.73 Å². The average Bonchev–Trinajstić information content (AvgIpc) is 2.93. The van der Waals surface area contributed by atoms with Crippen LogP contribution in [0.2, 0.25) is 0 Å². The maximum absolute atomic E-state index is 5.86. The summed E-state index contributed by atoms with van der Waals surface area (Å²) in [4.78, 5) is 0. The molecule has 0 bridgehead atoms. The van der Waals surface area contributed by atoms with Gasteiger partial charge in [-0.15, -0.1) is 0 Å². The summed E-state index contributed by atoms with van der Waals surface area (Å²) in [5.74, 6) is 0.628. The molecule has 1 heterocycles. The molecular formula is C14H17N3. The summed E-state index contributed by atoms with van der Waals surface area (Å²) in [6.07, 6.45) is 4.62. The number of aromatic amines is 1. The van der Waals surface area contributed by atoms with E-state index in [1.54, 1.807) is 0 Å². The smallest absolute Gasteiger partial charge is 0.149 e. The third kappa shape index (κ3) is 1.62. The second kappa shape index (κ2) is 3.91. The molecular weight excluding hydrogens is 210 g/mol. The van der Waals surface area contributed by atoms with Crippen LogP contribution in [-0.2, 0) is 19.3 Å². The molecule has 3 rings (SSSR count). The average molecular weight is 227 g/mol. The van der Waals surface area contributed by atoms with E-state index in [1.165, 1.54) is 36.0 Å². The maximum Gasteiger partial charge on any atom is 0.149 e. The van der Waals surface area contributed by atoms with Gasteiger partial charge in [0.15, 0.2) is 0 Å². The second-order valence-electron chi connectivity index (χ2n) is 4.65. The van der Waals surface area contributed by atoms with Gasteiger partial charge in [0.05, 0.1) is 5.69 Å². The van der Waals surface area contributed by atoms with Gasteiger partial charge in [-0.3, -0.25) is 5.10 Å². The van der Waals surface area contributed by atoms with Gasteiger partial charge in [0, 0.05) is 11.1 Å². The first-order valence-electron chi connectivity index (χ1n) is 6.24. The molecule has 0 radical (unpaired) electrons. The van der Waals surface area contributed by atoms with Crippen molar-refractivity contribution in [3.63, 3.8) is 0 Å². The van der Waals surface area contributed by atoms with Crippen molar-refractivity contribution in [2.75, 3.05) is 5.73 Å². The number of fused-ring (bicyclic) bond motifs is 1. The number of hydrogen-bond acceptors (Lipinski definition) is 2. The third-order valence-corrected chi connectivity index (χ3v) is 3.64. The SMILES string of the molecule is CCc1c(N)n[nH]c1-c1ccc2c(c1)CCC2. The van der Waals surface area contributed by atoms with E-state index in [-0.39, 0.29) is 0 Å². The molecule has 2 aromatic rings. The second-order valence-corrected chi connectivity index (χ2v) is 4.65. The van der Waals surface area contributed by atoms with Crippen molar-refractivity contribution in [2.24, 2.45) is 0 Å². The predicted molar refractivity (Wildman–Crippen MR) is 69.8 cm³/mol. The van der Waals surface area contributed by atoms with E-state index in [2.05, 4.69) is 35.3 Å². The Morgan fingerprint density at radius 3 is 2.94 bits per heavy atom. The number of aryl methyl sites for hydroxylation is 2. The molecule has 3 N–H and O–H groups in total. The number of benzene rings is 1. The van der Waals surface area contributed by atoms with E-state index < -0.39 is 0 Å². The van der Waals surface area contributed by atoms with Crippen molar-refractivity contribution in [2.45, 2.75) is 32.6 Å². The normalized spacial score (nSPS) is 13.9. The minimum Gasteiger partial charge on any atom is -0.382 e. The first-order valence-corrected chi connectivity index (χ1v) is 6.24. The van der Waals surface area contributed by atoms with Crippen LogP contribution in [-0.4, -0.2) is 10.2 Å². The van der Waals surface area contributed by atoms with E-state index in [0.29, 0.717) is 5.82 Å². The first kappa shape index (κ1) is 10.4. The molecule has 0 atom stereocenters. The Kier molecular flexibility index (Phi) is 2.39. The number of nitrogens with zero attached hydrogens (tertiary/aromatic N) is 1. The third-order valence-electron chi connectivity index (χ3n) is 3.64. The van der Waals surface area contributed by atoms with Crippen molar-refractivity contribution in [3.05, 3.63) is 34.9 Å². The number of aromatic nitrogens is 2. The van der Waals surface area contributed by atoms with Gasteiger partial charge in [0.1, 0.15) is 5.82 Å². The Labute approximate surface area is 101 Å². The van der Waals surface area contributed by atoms with Gasteiger partial charge in [0.2, 0.25) is 0 Å². The highest BCUT2D eigenvalue weighted by molar-refractivity contribution is 5.69. The monoisotopic (exact) mass is 227 g/mol. The molecule has 0 fully saturated rings. The summed E-state index contributed by atoms with van der Waals surface area (Å²) in [5, 5.41) is 7.17. The first-order chi connectivity index (χ1) is 8.29. The molecule has 1 aliphatic carbocycles. The van der Waals surface area contributed by atoms with E-state index in [9.17, 15) is 0 Å². The summed E-state index contributed by atoms with van der Waals surface area (Å²) < 4.78 is 0. The van der Waals surface area contributed by atoms with Crippen LogP contribution in [0.1, 0.15) is 30.0 Å². The highest BCUT2D eigenvalue weighted by atomic mass is 15.2. The molecule has 1 aliphatic rings. The Hall–Kier alpha value is -1.77. The largest absolute Gasteiger partial charge is 0.382 e. The lowest BCUT2D eigenvalue weighted by molar-refractivity contribution is 0.912. The van der Waals surface area contributed by atoms with Gasteiger partial charge in [-0.2, -0.15) is 5.10 Å². The van der Waals surface area contributed by atoms with E-state index in [1.807, 2.05) is 0 Å². The fraction of sp³-hybridized carbons (Fsp3) is 0.357. The zero-order valence-corrected chi connectivity index (χ0v) is 10.1. The van der Waals surface area contributed by atoms with Crippen LogP contribution in [0.15, 0.2) is 18.2 Å². The van der Waals surface area contributed by atoms with Crippen molar-refractivity contribution in [3.8, 4) is 11.3 Å². The minimum absolute atomic E-state index is 0.628. The molecule has 17 heavy (non-hydrogen) atoms. The number of nitrogens with two attached hydrogens (primary N) is 1. The molecule has 0 saturated heterocycles. The van der Waals surface area contributed by atoms with Crippen LogP contribution in [0, 0.1) is 0 Å². The molecule has 3 heteroatoms. The van der Waals surface area contributed by atoms with Crippen molar-refractivity contribution in [1.82, 2.24) is 10.2 Å². The topological polar surface area (TPSA) is 54.7 Å².